The Morgan fingerprint density at radius 1 is 1.20 bits per heavy atom. The molecule has 0 bridgehead atoms. The second-order valence-corrected chi connectivity index (χ2v) is 11.5. The highest BCUT2D eigenvalue weighted by atomic mass is 32.3. The summed E-state index contributed by atoms with van der Waals surface area (Å²) in [7, 11) is -1.47. The van der Waals surface area contributed by atoms with Crippen molar-refractivity contribution in [3.63, 3.8) is 0 Å². The van der Waals surface area contributed by atoms with Crippen LogP contribution in [0.5, 0.6) is 0 Å². The second-order valence-electron chi connectivity index (χ2n) is 8.23. The van der Waals surface area contributed by atoms with E-state index < -0.39 is 10.3 Å². The first-order chi connectivity index (χ1) is 14.4. The lowest BCUT2D eigenvalue weighted by atomic mass is 10.1. The number of rotatable bonds is 3. The van der Waals surface area contributed by atoms with E-state index in [-0.39, 0.29) is 6.04 Å². The van der Waals surface area contributed by atoms with E-state index in [9.17, 15) is 4.55 Å². The van der Waals surface area contributed by atoms with Gasteiger partial charge >= 0.3 is 0 Å². The number of aryl methyl sites for hydroxylation is 2. The van der Waals surface area contributed by atoms with Gasteiger partial charge in [0.15, 0.2) is 11.3 Å². The fourth-order valence-electron chi connectivity index (χ4n) is 4.10. The van der Waals surface area contributed by atoms with E-state index in [4.69, 9.17) is 10.1 Å². The van der Waals surface area contributed by atoms with Crippen LogP contribution in [-0.2, 0) is 0 Å². The van der Waals surface area contributed by atoms with Crippen LogP contribution in [0.4, 0.5) is 11.6 Å². The van der Waals surface area contributed by atoms with Crippen molar-refractivity contribution in [1.82, 2.24) is 34.3 Å². The van der Waals surface area contributed by atoms with Crippen molar-refractivity contribution in [2.24, 2.45) is 0 Å². The first kappa shape index (κ1) is 19.3. The van der Waals surface area contributed by atoms with Crippen LogP contribution in [0.15, 0.2) is 24.8 Å². The van der Waals surface area contributed by atoms with Crippen molar-refractivity contribution in [3.8, 4) is 0 Å². The van der Waals surface area contributed by atoms with Gasteiger partial charge in [-0.15, -0.1) is 10.3 Å². The SMILES string of the molecule is Cc1cc2ncnn2cc1Nc1ncc2c(C)nn(C3CCCS(C)(O)CC3)c2n1. The summed E-state index contributed by atoms with van der Waals surface area (Å²) in [6.07, 6.45) is 10.2. The molecule has 0 saturated carbocycles. The lowest BCUT2D eigenvalue weighted by Gasteiger charge is -2.27. The van der Waals surface area contributed by atoms with Gasteiger partial charge in [0.05, 0.1) is 29.0 Å². The molecule has 5 rings (SSSR count). The maximum atomic E-state index is 10.5. The smallest absolute Gasteiger partial charge is 0.229 e. The molecule has 10 heteroatoms. The number of nitrogens with zero attached hydrogens (tertiary/aromatic N) is 7. The van der Waals surface area contributed by atoms with Crippen molar-refractivity contribution in [3.05, 3.63) is 36.0 Å². The van der Waals surface area contributed by atoms with Gasteiger partial charge in [-0.25, -0.2) is 19.2 Å². The zero-order chi connectivity index (χ0) is 20.9. The average molecular weight is 427 g/mol. The first-order valence-corrected chi connectivity index (χ1v) is 12.5. The van der Waals surface area contributed by atoms with E-state index >= 15 is 0 Å². The summed E-state index contributed by atoms with van der Waals surface area (Å²) in [4.78, 5) is 13.6. The minimum absolute atomic E-state index is 0.249. The molecular formula is C20H26N8OS. The van der Waals surface area contributed by atoms with Gasteiger partial charge in [-0.1, -0.05) is 0 Å². The van der Waals surface area contributed by atoms with Gasteiger partial charge in [-0.3, -0.25) is 0 Å². The Kier molecular flexibility index (Phi) is 4.62. The summed E-state index contributed by atoms with van der Waals surface area (Å²) >= 11 is 0. The summed E-state index contributed by atoms with van der Waals surface area (Å²) in [6.45, 7) is 4.01. The number of fused-ring (bicyclic) bond motifs is 2. The Morgan fingerprint density at radius 3 is 2.93 bits per heavy atom. The zero-order valence-corrected chi connectivity index (χ0v) is 18.2. The molecule has 2 unspecified atom stereocenters. The van der Waals surface area contributed by atoms with E-state index in [2.05, 4.69) is 20.4 Å². The fourth-order valence-corrected chi connectivity index (χ4v) is 5.87. The lowest BCUT2D eigenvalue weighted by Crippen LogP contribution is -2.13. The first-order valence-electron chi connectivity index (χ1n) is 10.1. The molecule has 9 nitrogen and oxygen atoms in total. The fraction of sp³-hybridized carbons (Fsp3) is 0.450. The normalized spacial score (nSPS) is 24.6. The summed E-state index contributed by atoms with van der Waals surface area (Å²) in [5.74, 6) is 2.29. The highest BCUT2D eigenvalue weighted by molar-refractivity contribution is 8.28. The van der Waals surface area contributed by atoms with Gasteiger partial charge in [-0.05, 0) is 56.7 Å². The average Bonchev–Trinajstić information content (AvgIpc) is 3.23. The molecule has 5 heterocycles. The van der Waals surface area contributed by atoms with Crippen LogP contribution in [0, 0.1) is 13.8 Å². The lowest BCUT2D eigenvalue weighted by molar-refractivity contribution is 0.425. The van der Waals surface area contributed by atoms with Crippen LogP contribution < -0.4 is 5.32 Å². The predicted molar refractivity (Wildman–Crippen MR) is 120 cm³/mol. The van der Waals surface area contributed by atoms with Crippen molar-refractivity contribution < 1.29 is 4.55 Å². The van der Waals surface area contributed by atoms with Gasteiger partial charge < -0.3 is 9.87 Å². The van der Waals surface area contributed by atoms with E-state index in [1.54, 1.807) is 4.52 Å². The topological polar surface area (TPSA) is 106 Å². The molecule has 30 heavy (non-hydrogen) atoms. The molecule has 2 N–H and O–H groups in total. The maximum absolute atomic E-state index is 10.5. The Balaban J connectivity index is 1.50. The predicted octanol–water partition coefficient (Wildman–Crippen LogP) is 3.86. The quantitative estimate of drug-likeness (QED) is 0.512. The second kappa shape index (κ2) is 7.21. The van der Waals surface area contributed by atoms with E-state index in [1.165, 1.54) is 6.33 Å². The standard InChI is InChI=1S/C20H26N8OS/c1-13-9-18-22-12-23-27(18)11-17(13)24-20-21-10-16-14(2)26-28(19(16)25-20)15-5-4-7-30(3,29)8-6-15/h9-12,15,29H,4-8H2,1-3H3,(H,21,24,25). The van der Waals surface area contributed by atoms with Crippen molar-refractivity contribution in [1.29, 1.82) is 0 Å². The van der Waals surface area contributed by atoms with E-state index in [0.717, 1.165) is 64.4 Å². The minimum atomic E-state index is -1.47. The summed E-state index contributed by atoms with van der Waals surface area (Å²) in [5, 5.41) is 13.3. The molecule has 158 valence electrons. The van der Waals surface area contributed by atoms with Gasteiger partial charge in [0.25, 0.3) is 0 Å². The largest absolute Gasteiger partial charge is 0.352 e. The summed E-state index contributed by atoms with van der Waals surface area (Å²) < 4.78 is 14.3. The van der Waals surface area contributed by atoms with Crippen LogP contribution in [0.2, 0.25) is 0 Å². The van der Waals surface area contributed by atoms with Crippen molar-refractivity contribution in [2.75, 3.05) is 23.1 Å². The molecule has 0 spiro atoms. The summed E-state index contributed by atoms with van der Waals surface area (Å²) in [6, 6.07) is 2.22. The van der Waals surface area contributed by atoms with Gasteiger partial charge in [0, 0.05) is 11.9 Å². The number of anilines is 2. The molecule has 4 aromatic heterocycles. The number of hydrogen-bond acceptors (Lipinski definition) is 7. The van der Waals surface area contributed by atoms with Crippen molar-refractivity contribution >= 4 is 38.6 Å². The van der Waals surface area contributed by atoms with Crippen LogP contribution in [0.25, 0.3) is 16.7 Å². The monoisotopic (exact) mass is 426 g/mol. The third-order valence-corrected chi connectivity index (χ3v) is 8.14. The Labute approximate surface area is 176 Å². The van der Waals surface area contributed by atoms with Gasteiger partial charge in [-0.2, -0.15) is 15.2 Å². The zero-order valence-electron chi connectivity index (χ0n) is 17.4. The molecule has 1 fully saturated rings. The third-order valence-electron chi connectivity index (χ3n) is 5.86. The van der Waals surface area contributed by atoms with Gasteiger partial charge in [0.1, 0.15) is 6.33 Å². The van der Waals surface area contributed by atoms with Crippen LogP contribution in [-0.4, -0.2) is 56.7 Å². The van der Waals surface area contributed by atoms with Crippen molar-refractivity contribution in [2.45, 2.75) is 39.2 Å². The van der Waals surface area contributed by atoms with E-state index in [1.807, 2.05) is 43.2 Å². The maximum Gasteiger partial charge on any atom is 0.229 e. The Morgan fingerprint density at radius 2 is 2.07 bits per heavy atom. The highest BCUT2D eigenvalue weighted by Crippen LogP contribution is 2.45. The number of pyridine rings is 1. The molecule has 0 aliphatic carbocycles. The molecule has 0 amide bonds. The molecule has 1 aliphatic rings. The molecule has 1 aliphatic heterocycles. The number of hydrogen-bond donors (Lipinski definition) is 2. The molecule has 0 radical (unpaired) electrons. The molecule has 2 atom stereocenters. The minimum Gasteiger partial charge on any atom is -0.352 e. The van der Waals surface area contributed by atoms with E-state index in [0.29, 0.717) is 5.95 Å². The van der Waals surface area contributed by atoms with Gasteiger partial charge in [0.2, 0.25) is 5.95 Å². The third kappa shape index (κ3) is 3.50. The molecule has 0 aromatic carbocycles. The number of nitrogens with one attached hydrogen (secondary N) is 1. The van der Waals surface area contributed by atoms with Crippen LogP contribution in [0.1, 0.15) is 36.6 Å². The number of aromatic nitrogens is 7. The van der Waals surface area contributed by atoms with Crippen LogP contribution in [0.3, 0.4) is 0 Å². The Hall–Kier alpha value is -2.72. The molecule has 1 saturated heterocycles. The summed E-state index contributed by atoms with van der Waals surface area (Å²) in [5.41, 5.74) is 4.49. The Bertz CT molecular complexity index is 1230. The molecular weight excluding hydrogens is 400 g/mol. The highest BCUT2D eigenvalue weighted by Gasteiger charge is 2.26. The molecule has 4 aromatic rings. The van der Waals surface area contributed by atoms with Crippen LogP contribution >= 0.6 is 10.3 Å².